The molecule has 4 N–H and O–H groups in total. The van der Waals surface area contributed by atoms with Gasteiger partial charge in [-0.25, -0.2) is 0 Å². The molecule has 0 aliphatic rings. The van der Waals surface area contributed by atoms with Gasteiger partial charge in [0.1, 0.15) is 5.75 Å². The Balaban J connectivity index is 0.00000220. The lowest BCUT2D eigenvalue weighted by atomic mass is 9.94. The Hall–Kier alpha value is -1.55. The van der Waals surface area contributed by atoms with Gasteiger partial charge in [-0.1, -0.05) is 42.5 Å². The molecule has 2 rings (SSSR count). The summed E-state index contributed by atoms with van der Waals surface area (Å²) in [5.74, 6) is 0.290. The fourth-order valence-electron chi connectivity index (χ4n) is 2.39. The van der Waals surface area contributed by atoms with Crippen molar-refractivity contribution in [2.75, 3.05) is 0 Å². The number of hydrogen-bond donors (Lipinski definition) is 3. The number of phenols is 1. The van der Waals surface area contributed by atoms with Crippen LogP contribution in [0.2, 0.25) is 0 Å². The van der Waals surface area contributed by atoms with E-state index in [2.05, 4.69) is 0 Å². The molecule has 0 bridgehead atoms. The van der Waals surface area contributed by atoms with Crippen LogP contribution in [0.5, 0.6) is 5.75 Å². The van der Waals surface area contributed by atoms with Crippen molar-refractivity contribution in [1.29, 1.82) is 0 Å². The van der Waals surface area contributed by atoms with Gasteiger partial charge in [-0.3, -0.25) is 0 Å². The zero-order valence-electron chi connectivity index (χ0n) is 12.3. The van der Waals surface area contributed by atoms with Crippen molar-refractivity contribution in [3.8, 4) is 5.75 Å². The van der Waals surface area contributed by atoms with E-state index in [9.17, 15) is 10.2 Å². The van der Waals surface area contributed by atoms with Crippen molar-refractivity contribution in [2.45, 2.75) is 32.4 Å². The Kier molecular flexibility index (Phi) is 6.21. The van der Waals surface area contributed by atoms with Crippen molar-refractivity contribution in [3.05, 3.63) is 64.7 Å². The van der Waals surface area contributed by atoms with Crippen LogP contribution in [0.3, 0.4) is 0 Å². The van der Waals surface area contributed by atoms with E-state index in [-0.39, 0.29) is 12.4 Å². The van der Waals surface area contributed by atoms with Gasteiger partial charge in [-0.2, -0.15) is 0 Å². The fraction of sp³-hybridized carbons (Fsp3) is 0.294. The number of aliphatic hydroxyl groups excluding tert-OH is 1. The molecule has 0 amide bonds. The average molecular weight is 308 g/mol. The Labute approximate surface area is 131 Å². The number of aliphatic hydroxyl groups is 1. The molecule has 2 atom stereocenters. The molecule has 0 fully saturated rings. The quantitative estimate of drug-likeness (QED) is 0.813. The van der Waals surface area contributed by atoms with Gasteiger partial charge in [0.05, 0.1) is 12.1 Å². The van der Waals surface area contributed by atoms with E-state index in [0.717, 1.165) is 22.3 Å². The minimum absolute atomic E-state index is 0. The van der Waals surface area contributed by atoms with Crippen LogP contribution < -0.4 is 5.73 Å². The van der Waals surface area contributed by atoms with E-state index < -0.39 is 12.1 Å². The zero-order valence-corrected chi connectivity index (χ0v) is 13.1. The van der Waals surface area contributed by atoms with E-state index >= 15 is 0 Å². The second-order valence-corrected chi connectivity index (χ2v) is 5.29. The van der Waals surface area contributed by atoms with Crippen LogP contribution in [-0.4, -0.2) is 16.3 Å². The molecule has 0 aromatic heterocycles. The number of hydrogen-bond acceptors (Lipinski definition) is 3. The molecule has 0 aliphatic heterocycles. The van der Waals surface area contributed by atoms with Crippen LogP contribution in [0, 0.1) is 13.8 Å². The van der Waals surface area contributed by atoms with Gasteiger partial charge in [-0.05, 0) is 36.1 Å². The van der Waals surface area contributed by atoms with Gasteiger partial charge in [0.25, 0.3) is 0 Å². The molecule has 0 radical (unpaired) electrons. The molecule has 0 unspecified atom stereocenters. The largest absolute Gasteiger partial charge is 0.507 e. The van der Waals surface area contributed by atoms with Crippen molar-refractivity contribution in [1.82, 2.24) is 0 Å². The maximum absolute atomic E-state index is 10.3. The van der Waals surface area contributed by atoms with Gasteiger partial charge >= 0.3 is 0 Å². The van der Waals surface area contributed by atoms with Crippen molar-refractivity contribution in [2.24, 2.45) is 5.73 Å². The summed E-state index contributed by atoms with van der Waals surface area (Å²) in [4.78, 5) is 0. The van der Waals surface area contributed by atoms with Crippen LogP contribution in [0.1, 0.15) is 28.3 Å². The third kappa shape index (κ3) is 4.21. The first-order chi connectivity index (χ1) is 9.49. The molecule has 114 valence electrons. The van der Waals surface area contributed by atoms with Crippen LogP contribution in [0.4, 0.5) is 0 Å². The minimum atomic E-state index is -0.652. The van der Waals surface area contributed by atoms with Crippen molar-refractivity contribution in [3.63, 3.8) is 0 Å². The molecule has 2 aromatic rings. The van der Waals surface area contributed by atoms with Crippen molar-refractivity contribution < 1.29 is 10.2 Å². The zero-order chi connectivity index (χ0) is 14.7. The summed E-state index contributed by atoms with van der Waals surface area (Å²) in [6.45, 7) is 3.67. The summed E-state index contributed by atoms with van der Waals surface area (Å²) in [5.41, 5.74) is 9.61. The lowest BCUT2D eigenvalue weighted by Gasteiger charge is -2.21. The number of benzene rings is 2. The molecule has 4 heteroatoms. The maximum Gasteiger partial charge on any atom is 0.121 e. The third-order valence-electron chi connectivity index (χ3n) is 3.60. The summed E-state index contributed by atoms with van der Waals surface area (Å²) >= 11 is 0. The Bertz CT molecular complexity index is 564. The van der Waals surface area contributed by atoms with Gasteiger partial charge < -0.3 is 15.9 Å². The highest BCUT2D eigenvalue weighted by Crippen LogP contribution is 2.27. The minimum Gasteiger partial charge on any atom is -0.507 e. The lowest BCUT2D eigenvalue weighted by Crippen LogP contribution is -2.28. The SMILES string of the molecule is Cc1cc([C@@H](N)[C@@H](O)Cc2ccccc2)cc(C)c1O.Cl. The van der Waals surface area contributed by atoms with Gasteiger partial charge in [0, 0.05) is 6.42 Å². The first-order valence-corrected chi connectivity index (χ1v) is 6.76. The number of aryl methyl sites for hydroxylation is 2. The predicted octanol–water partition coefficient (Wildman–Crippen LogP) is 3.03. The predicted molar refractivity (Wildman–Crippen MR) is 87.9 cm³/mol. The first kappa shape index (κ1) is 17.5. The number of aromatic hydroxyl groups is 1. The van der Waals surface area contributed by atoms with E-state index in [0.29, 0.717) is 12.2 Å². The van der Waals surface area contributed by atoms with Crippen LogP contribution in [0.25, 0.3) is 0 Å². The van der Waals surface area contributed by atoms with E-state index in [4.69, 9.17) is 5.73 Å². The molecular weight excluding hydrogens is 286 g/mol. The smallest absolute Gasteiger partial charge is 0.121 e. The molecule has 0 saturated heterocycles. The van der Waals surface area contributed by atoms with Gasteiger partial charge in [-0.15, -0.1) is 12.4 Å². The Morgan fingerprint density at radius 3 is 2.10 bits per heavy atom. The highest BCUT2D eigenvalue weighted by atomic mass is 35.5. The molecule has 2 aromatic carbocycles. The fourth-order valence-corrected chi connectivity index (χ4v) is 2.39. The molecular formula is C17H22ClNO2. The van der Waals surface area contributed by atoms with E-state index in [1.54, 1.807) is 0 Å². The van der Waals surface area contributed by atoms with Crippen molar-refractivity contribution >= 4 is 12.4 Å². The summed E-state index contributed by atoms with van der Waals surface area (Å²) in [5, 5.41) is 20.1. The van der Waals surface area contributed by atoms with Gasteiger partial charge in [0.15, 0.2) is 0 Å². The molecule has 21 heavy (non-hydrogen) atoms. The maximum atomic E-state index is 10.3. The Morgan fingerprint density at radius 1 is 1.05 bits per heavy atom. The monoisotopic (exact) mass is 307 g/mol. The number of phenolic OH excluding ortho intramolecular Hbond substituents is 1. The van der Waals surface area contributed by atoms with Crippen LogP contribution in [0.15, 0.2) is 42.5 Å². The first-order valence-electron chi connectivity index (χ1n) is 6.76. The molecule has 0 saturated carbocycles. The number of nitrogens with two attached hydrogens (primary N) is 1. The lowest BCUT2D eigenvalue weighted by molar-refractivity contribution is 0.145. The van der Waals surface area contributed by atoms with E-state index in [1.165, 1.54) is 0 Å². The van der Waals surface area contributed by atoms with Gasteiger partial charge in [0.2, 0.25) is 0 Å². The second kappa shape index (κ2) is 7.46. The average Bonchev–Trinajstić information content (AvgIpc) is 2.44. The Morgan fingerprint density at radius 2 is 1.57 bits per heavy atom. The third-order valence-corrected chi connectivity index (χ3v) is 3.60. The standard InChI is InChI=1S/C17H21NO2.ClH/c1-11-8-14(9-12(2)17(11)20)16(18)15(19)10-13-6-4-3-5-7-13;/h3-9,15-16,19-20H,10,18H2,1-2H3;1H/t15-,16+;/m0./s1. The molecule has 0 spiro atoms. The van der Waals surface area contributed by atoms with E-state index in [1.807, 2.05) is 56.3 Å². The number of halogens is 1. The summed E-state index contributed by atoms with van der Waals surface area (Å²) in [7, 11) is 0. The second-order valence-electron chi connectivity index (χ2n) is 5.29. The highest BCUT2D eigenvalue weighted by Gasteiger charge is 2.18. The number of rotatable bonds is 4. The molecule has 3 nitrogen and oxygen atoms in total. The summed E-state index contributed by atoms with van der Waals surface area (Å²) < 4.78 is 0. The highest BCUT2D eigenvalue weighted by molar-refractivity contribution is 5.85. The molecule has 0 heterocycles. The summed E-state index contributed by atoms with van der Waals surface area (Å²) in [6.07, 6.45) is -0.137. The normalized spacial score (nSPS) is 13.3. The molecule has 0 aliphatic carbocycles. The van der Waals surface area contributed by atoms with Crippen LogP contribution in [-0.2, 0) is 6.42 Å². The van der Waals surface area contributed by atoms with Crippen LogP contribution >= 0.6 is 12.4 Å². The topological polar surface area (TPSA) is 66.5 Å². The summed E-state index contributed by atoms with van der Waals surface area (Å²) in [6, 6.07) is 13.0.